The molecule has 1 unspecified atom stereocenters. The van der Waals surface area contributed by atoms with Gasteiger partial charge in [0, 0.05) is 35.1 Å². The minimum absolute atomic E-state index is 0.160. The first-order chi connectivity index (χ1) is 17.0. The van der Waals surface area contributed by atoms with Crippen LogP contribution in [-0.2, 0) is 4.79 Å². The SMILES string of the molecule is COc1cc(OC)c(C2CC(=O)Nc3c2c(C)nn3-c2nncc(-c3ccccc3)n2)cc1OC. The van der Waals surface area contributed by atoms with Gasteiger partial charge in [0.15, 0.2) is 11.5 Å². The number of fused-ring (bicyclic) bond motifs is 1. The highest BCUT2D eigenvalue weighted by atomic mass is 16.5. The fourth-order valence-corrected chi connectivity index (χ4v) is 4.41. The molecule has 1 atom stereocenters. The number of benzene rings is 2. The van der Waals surface area contributed by atoms with Crippen LogP contribution < -0.4 is 19.5 Å². The third-order valence-electron chi connectivity index (χ3n) is 6.02. The van der Waals surface area contributed by atoms with Gasteiger partial charge >= 0.3 is 0 Å². The molecule has 1 N–H and O–H groups in total. The molecule has 1 aliphatic rings. The molecule has 2 aromatic carbocycles. The number of aromatic nitrogens is 5. The predicted octanol–water partition coefficient (Wildman–Crippen LogP) is 3.53. The Balaban J connectivity index is 1.65. The van der Waals surface area contributed by atoms with Crippen molar-refractivity contribution in [3.05, 3.63) is 65.5 Å². The Morgan fingerprint density at radius 2 is 1.71 bits per heavy atom. The van der Waals surface area contributed by atoms with Gasteiger partial charge in [-0.15, -0.1) is 5.10 Å². The Hall–Kier alpha value is -4.47. The molecule has 0 bridgehead atoms. The van der Waals surface area contributed by atoms with Gasteiger partial charge < -0.3 is 19.5 Å². The van der Waals surface area contributed by atoms with Gasteiger partial charge in [-0.25, -0.2) is 4.98 Å². The lowest BCUT2D eigenvalue weighted by atomic mass is 9.85. The van der Waals surface area contributed by atoms with Gasteiger partial charge in [-0.3, -0.25) is 4.79 Å². The molecule has 10 heteroatoms. The van der Waals surface area contributed by atoms with Gasteiger partial charge in [-0.2, -0.15) is 14.9 Å². The summed E-state index contributed by atoms with van der Waals surface area (Å²) in [6.45, 7) is 1.89. The van der Waals surface area contributed by atoms with E-state index < -0.39 is 0 Å². The summed E-state index contributed by atoms with van der Waals surface area (Å²) in [5.41, 5.74) is 3.93. The molecule has 10 nitrogen and oxygen atoms in total. The van der Waals surface area contributed by atoms with Crippen molar-refractivity contribution in [1.29, 1.82) is 0 Å². The normalized spacial score (nSPS) is 14.7. The minimum atomic E-state index is -0.326. The Kier molecular flexibility index (Phi) is 5.77. The predicted molar refractivity (Wildman–Crippen MR) is 128 cm³/mol. The smallest absolute Gasteiger partial charge is 0.272 e. The third-order valence-corrected chi connectivity index (χ3v) is 6.02. The van der Waals surface area contributed by atoms with Crippen molar-refractivity contribution in [1.82, 2.24) is 25.0 Å². The number of carbonyl (C=O) groups is 1. The molecule has 0 fully saturated rings. The van der Waals surface area contributed by atoms with Gasteiger partial charge in [-0.05, 0) is 13.0 Å². The molecule has 0 spiro atoms. The van der Waals surface area contributed by atoms with Crippen LogP contribution in [0.5, 0.6) is 17.2 Å². The molecule has 0 radical (unpaired) electrons. The highest BCUT2D eigenvalue weighted by Crippen LogP contribution is 2.46. The Morgan fingerprint density at radius 1 is 1.00 bits per heavy atom. The van der Waals surface area contributed by atoms with Gasteiger partial charge in [0.25, 0.3) is 5.95 Å². The summed E-state index contributed by atoms with van der Waals surface area (Å²) in [6.07, 6.45) is 1.81. The Bertz CT molecular complexity index is 1400. The molecular weight excluding hydrogens is 448 g/mol. The second kappa shape index (κ2) is 9.05. The molecule has 1 aliphatic heterocycles. The van der Waals surface area contributed by atoms with E-state index in [0.29, 0.717) is 28.8 Å². The first-order valence-corrected chi connectivity index (χ1v) is 11.0. The molecule has 5 rings (SSSR count). The lowest BCUT2D eigenvalue weighted by Crippen LogP contribution is -2.25. The first kappa shape index (κ1) is 22.3. The highest BCUT2D eigenvalue weighted by Gasteiger charge is 2.35. The van der Waals surface area contributed by atoms with E-state index in [2.05, 4.69) is 25.6 Å². The average molecular weight is 473 g/mol. The number of hydrogen-bond acceptors (Lipinski definition) is 8. The number of amides is 1. The maximum atomic E-state index is 12.9. The van der Waals surface area contributed by atoms with Crippen molar-refractivity contribution in [2.75, 3.05) is 26.6 Å². The summed E-state index contributed by atoms with van der Waals surface area (Å²) >= 11 is 0. The van der Waals surface area contributed by atoms with Crippen molar-refractivity contribution in [3.63, 3.8) is 0 Å². The zero-order valence-corrected chi connectivity index (χ0v) is 19.8. The Morgan fingerprint density at radius 3 is 2.43 bits per heavy atom. The van der Waals surface area contributed by atoms with Gasteiger partial charge in [0.2, 0.25) is 5.91 Å². The monoisotopic (exact) mass is 472 g/mol. The van der Waals surface area contributed by atoms with Crippen LogP contribution in [0.25, 0.3) is 17.2 Å². The topological polar surface area (TPSA) is 113 Å². The number of hydrogen-bond donors (Lipinski definition) is 1. The van der Waals surface area contributed by atoms with E-state index in [-0.39, 0.29) is 24.2 Å². The van der Waals surface area contributed by atoms with Crippen LogP contribution >= 0.6 is 0 Å². The lowest BCUT2D eigenvalue weighted by molar-refractivity contribution is -0.116. The van der Waals surface area contributed by atoms with Crippen molar-refractivity contribution in [2.24, 2.45) is 0 Å². The fraction of sp³-hybridized carbons (Fsp3) is 0.240. The maximum Gasteiger partial charge on any atom is 0.272 e. The zero-order chi connectivity index (χ0) is 24.5. The first-order valence-electron chi connectivity index (χ1n) is 11.0. The summed E-state index contributed by atoms with van der Waals surface area (Å²) in [5, 5.41) is 15.9. The maximum absolute atomic E-state index is 12.9. The van der Waals surface area contributed by atoms with Crippen molar-refractivity contribution in [2.45, 2.75) is 19.3 Å². The number of nitrogens with zero attached hydrogens (tertiary/aromatic N) is 5. The fourth-order valence-electron chi connectivity index (χ4n) is 4.41. The summed E-state index contributed by atoms with van der Waals surface area (Å²) in [4.78, 5) is 17.5. The average Bonchev–Trinajstić information content (AvgIpc) is 3.23. The van der Waals surface area contributed by atoms with E-state index in [9.17, 15) is 4.79 Å². The molecule has 4 aromatic rings. The molecule has 0 saturated carbocycles. The van der Waals surface area contributed by atoms with E-state index >= 15 is 0 Å². The van der Waals surface area contributed by atoms with E-state index in [1.54, 1.807) is 33.6 Å². The number of nitrogens with one attached hydrogen (secondary N) is 1. The number of methoxy groups -OCH3 is 3. The van der Waals surface area contributed by atoms with E-state index in [0.717, 1.165) is 22.4 Å². The van der Waals surface area contributed by atoms with Gasteiger partial charge in [0.1, 0.15) is 11.6 Å². The summed E-state index contributed by atoms with van der Waals surface area (Å²) in [6, 6.07) is 13.3. The molecule has 178 valence electrons. The molecule has 3 heterocycles. The van der Waals surface area contributed by atoms with Crippen LogP contribution in [-0.4, -0.2) is 52.2 Å². The second-order valence-electron chi connectivity index (χ2n) is 8.02. The van der Waals surface area contributed by atoms with E-state index in [1.165, 1.54) is 4.68 Å². The van der Waals surface area contributed by atoms with Crippen LogP contribution in [0.4, 0.5) is 5.82 Å². The van der Waals surface area contributed by atoms with E-state index in [1.807, 2.05) is 43.3 Å². The molecular formula is C25H24N6O4. The minimum Gasteiger partial charge on any atom is -0.496 e. The van der Waals surface area contributed by atoms with Gasteiger partial charge in [-0.1, -0.05) is 30.3 Å². The molecule has 1 amide bonds. The molecule has 35 heavy (non-hydrogen) atoms. The van der Waals surface area contributed by atoms with Crippen molar-refractivity contribution in [3.8, 4) is 34.5 Å². The number of rotatable bonds is 6. The van der Waals surface area contributed by atoms with Crippen LogP contribution in [0.3, 0.4) is 0 Å². The molecule has 2 aromatic heterocycles. The largest absolute Gasteiger partial charge is 0.496 e. The number of carbonyl (C=O) groups excluding carboxylic acids is 1. The van der Waals surface area contributed by atoms with Crippen LogP contribution in [0.1, 0.15) is 29.2 Å². The summed E-state index contributed by atoms with van der Waals surface area (Å²) in [7, 11) is 4.72. The quantitative estimate of drug-likeness (QED) is 0.453. The molecule has 0 saturated heterocycles. The van der Waals surface area contributed by atoms with Crippen LogP contribution in [0.15, 0.2) is 48.7 Å². The number of aryl methyl sites for hydroxylation is 1. The highest BCUT2D eigenvalue weighted by molar-refractivity contribution is 5.95. The number of ether oxygens (including phenoxy) is 3. The van der Waals surface area contributed by atoms with Crippen LogP contribution in [0.2, 0.25) is 0 Å². The third kappa shape index (κ3) is 3.92. The van der Waals surface area contributed by atoms with Crippen LogP contribution in [0, 0.1) is 6.92 Å². The number of anilines is 1. The lowest BCUT2D eigenvalue weighted by Gasteiger charge is -2.26. The Labute approximate surface area is 201 Å². The van der Waals surface area contributed by atoms with E-state index in [4.69, 9.17) is 14.2 Å². The van der Waals surface area contributed by atoms with Gasteiger partial charge in [0.05, 0.1) is 38.9 Å². The summed E-state index contributed by atoms with van der Waals surface area (Å²) in [5.74, 6) is 1.95. The standard InChI is InChI=1S/C25H24N6O4/c1-14-23-17(16-10-20(34-3)21(35-4)12-19(16)33-2)11-22(32)28-24(23)31(30-14)25-27-18(13-26-29-25)15-8-6-5-7-9-15/h5-10,12-13,17H,11H2,1-4H3,(H,28,32). The van der Waals surface area contributed by atoms with Crippen molar-refractivity contribution >= 4 is 11.7 Å². The molecule has 0 aliphatic carbocycles. The zero-order valence-electron chi connectivity index (χ0n) is 19.8. The van der Waals surface area contributed by atoms with Crippen molar-refractivity contribution < 1.29 is 19.0 Å². The summed E-state index contributed by atoms with van der Waals surface area (Å²) < 4.78 is 18.1. The second-order valence-corrected chi connectivity index (χ2v) is 8.02.